The van der Waals surface area contributed by atoms with Crippen molar-refractivity contribution in [1.82, 2.24) is 10.2 Å². The summed E-state index contributed by atoms with van der Waals surface area (Å²) in [5, 5.41) is 3.46. The first-order chi connectivity index (χ1) is 10.2. The van der Waals surface area contributed by atoms with Crippen molar-refractivity contribution in [3.05, 3.63) is 35.9 Å². The highest BCUT2D eigenvalue weighted by atomic mass is 16.5. The van der Waals surface area contributed by atoms with E-state index in [4.69, 9.17) is 4.74 Å². The lowest BCUT2D eigenvalue weighted by Gasteiger charge is -2.39. The Hall–Kier alpha value is -1.39. The molecule has 1 amide bonds. The third-order valence-corrected chi connectivity index (χ3v) is 5.03. The monoisotopic (exact) mass is 288 g/mol. The van der Waals surface area contributed by atoms with Crippen LogP contribution >= 0.6 is 0 Å². The van der Waals surface area contributed by atoms with Gasteiger partial charge in [-0.05, 0) is 36.8 Å². The van der Waals surface area contributed by atoms with Gasteiger partial charge >= 0.3 is 0 Å². The summed E-state index contributed by atoms with van der Waals surface area (Å²) in [6.07, 6.45) is 3.00. The maximum absolute atomic E-state index is 12.7. The van der Waals surface area contributed by atoms with E-state index in [9.17, 15) is 4.79 Å². The van der Waals surface area contributed by atoms with Gasteiger partial charge in [0.2, 0.25) is 0 Å². The summed E-state index contributed by atoms with van der Waals surface area (Å²) in [4.78, 5) is 14.7. The molecule has 1 atom stereocenters. The second kappa shape index (κ2) is 6.16. The van der Waals surface area contributed by atoms with Crippen LogP contribution in [0.1, 0.15) is 30.9 Å². The van der Waals surface area contributed by atoms with Crippen LogP contribution in [0.4, 0.5) is 0 Å². The zero-order valence-corrected chi connectivity index (χ0v) is 12.7. The summed E-state index contributed by atoms with van der Waals surface area (Å²) >= 11 is 0. The van der Waals surface area contributed by atoms with Crippen LogP contribution in [0, 0.1) is 5.41 Å². The van der Waals surface area contributed by atoms with Gasteiger partial charge in [0.15, 0.2) is 6.10 Å². The number of hydrogen-bond acceptors (Lipinski definition) is 3. The molecule has 1 N–H and O–H groups in total. The lowest BCUT2D eigenvalue weighted by atomic mass is 9.77. The summed E-state index contributed by atoms with van der Waals surface area (Å²) in [7, 11) is 1.61. The lowest BCUT2D eigenvalue weighted by Crippen LogP contribution is -2.45. The first-order valence-electron chi connectivity index (χ1n) is 7.81. The molecular weight excluding hydrogens is 264 g/mol. The molecule has 1 aromatic rings. The fourth-order valence-electron chi connectivity index (χ4n) is 3.60. The van der Waals surface area contributed by atoms with Gasteiger partial charge in [0.05, 0.1) is 0 Å². The number of carbonyl (C=O) groups excluding carboxylic acids is 1. The Morgan fingerprint density at radius 2 is 1.95 bits per heavy atom. The molecule has 1 spiro atoms. The average Bonchev–Trinajstić information content (AvgIpc) is 2.98. The van der Waals surface area contributed by atoms with E-state index in [0.29, 0.717) is 5.41 Å². The van der Waals surface area contributed by atoms with E-state index in [1.807, 2.05) is 35.2 Å². The molecule has 3 rings (SSSR count). The van der Waals surface area contributed by atoms with Gasteiger partial charge in [0, 0.05) is 26.7 Å². The maximum Gasteiger partial charge on any atom is 0.256 e. The molecule has 4 nitrogen and oxygen atoms in total. The second-order valence-corrected chi connectivity index (χ2v) is 6.28. The van der Waals surface area contributed by atoms with Gasteiger partial charge in [-0.15, -0.1) is 0 Å². The number of nitrogens with one attached hydrogen (secondary N) is 1. The minimum Gasteiger partial charge on any atom is -0.367 e. The molecule has 114 valence electrons. The first kappa shape index (κ1) is 14.5. The average molecular weight is 288 g/mol. The molecule has 0 saturated carbocycles. The number of carbonyl (C=O) groups is 1. The molecule has 0 radical (unpaired) electrons. The van der Waals surface area contributed by atoms with Gasteiger partial charge in [-0.25, -0.2) is 0 Å². The molecule has 21 heavy (non-hydrogen) atoms. The number of benzene rings is 1. The smallest absolute Gasteiger partial charge is 0.256 e. The number of amides is 1. The van der Waals surface area contributed by atoms with E-state index >= 15 is 0 Å². The predicted molar refractivity (Wildman–Crippen MR) is 81.9 cm³/mol. The fraction of sp³-hybridized carbons (Fsp3) is 0.588. The Kier molecular flexibility index (Phi) is 4.27. The molecule has 2 aliphatic rings. The van der Waals surface area contributed by atoms with Crippen molar-refractivity contribution >= 4 is 5.91 Å². The Labute approximate surface area is 126 Å². The third-order valence-electron chi connectivity index (χ3n) is 5.03. The maximum atomic E-state index is 12.7. The predicted octanol–water partition coefficient (Wildman–Crippen LogP) is 1.98. The van der Waals surface area contributed by atoms with Crippen molar-refractivity contribution in [2.24, 2.45) is 5.41 Å². The number of ether oxygens (including phenoxy) is 1. The molecule has 0 bridgehead atoms. The summed E-state index contributed by atoms with van der Waals surface area (Å²) < 4.78 is 5.46. The second-order valence-electron chi connectivity index (χ2n) is 6.28. The quantitative estimate of drug-likeness (QED) is 0.924. The van der Waals surface area contributed by atoms with Gasteiger partial charge in [0.1, 0.15) is 0 Å². The molecular formula is C17H24N2O2. The van der Waals surface area contributed by atoms with Crippen molar-refractivity contribution in [2.75, 3.05) is 33.3 Å². The zero-order chi connectivity index (χ0) is 14.7. The molecule has 2 heterocycles. The molecule has 4 heteroatoms. The van der Waals surface area contributed by atoms with Crippen LogP contribution in [0.3, 0.4) is 0 Å². The molecule has 1 unspecified atom stereocenters. The molecule has 1 aromatic carbocycles. The van der Waals surface area contributed by atoms with E-state index in [1.54, 1.807) is 7.11 Å². The Morgan fingerprint density at radius 3 is 2.52 bits per heavy atom. The summed E-state index contributed by atoms with van der Waals surface area (Å²) in [6.45, 7) is 3.94. The number of likely N-dealkylation sites (tertiary alicyclic amines) is 1. The van der Waals surface area contributed by atoms with E-state index in [-0.39, 0.29) is 5.91 Å². The summed E-state index contributed by atoms with van der Waals surface area (Å²) in [5.41, 5.74) is 1.37. The Bertz CT molecular complexity index is 473. The number of methoxy groups -OCH3 is 1. The van der Waals surface area contributed by atoms with Crippen LogP contribution in [0.15, 0.2) is 30.3 Å². The summed E-state index contributed by atoms with van der Waals surface area (Å²) in [6, 6.07) is 9.77. The Balaban J connectivity index is 1.65. The van der Waals surface area contributed by atoms with Crippen LogP contribution in [-0.4, -0.2) is 44.1 Å². The Morgan fingerprint density at radius 1 is 1.24 bits per heavy atom. The fourth-order valence-corrected chi connectivity index (χ4v) is 3.60. The summed E-state index contributed by atoms with van der Waals surface area (Å²) in [5.74, 6) is 0.101. The first-order valence-corrected chi connectivity index (χ1v) is 7.81. The normalized spacial score (nSPS) is 22.4. The molecule has 0 aromatic heterocycles. The number of hydrogen-bond donors (Lipinski definition) is 1. The van der Waals surface area contributed by atoms with Gasteiger partial charge < -0.3 is 15.0 Å². The number of piperidine rings is 1. The highest BCUT2D eigenvalue weighted by Crippen LogP contribution is 2.37. The van der Waals surface area contributed by atoms with Crippen LogP contribution in [-0.2, 0) is 9.53 Å². The van der Waals surface area contributed by atoms with Crippen molar-refractivity contribution in [2.45, 2.75) is 25.4 Å². The van der Waals surface area contributed by atoms with E-state index in [2.05, 4.69) is 5.32 Å². The number of rotatable bonds is 3. The van der Waals surface area contributed by atoms with Crippen molar-refractivity contribution in [3.63, 3.8) is 0 Å². The highest BCUT2D eigenvalue weighted by molar-refractivity contribution is 5.82. The van der Waals surface area contributed by atoms with Crippen LogP contribution in [0.5, 0.6) is 0 Å². The molecule has 2 aliphatic heterocycles. The van der Waals surface area contributed by atoms with Gasteiger partial charge in [-0.2, -0.15) is 0 Å². The topological polar surface area (TPSA) is 41.6 Å². The van der Waals surface area contributed by atoms with E-state index in [0.717, 1.165) is 44.6 Å². The highest BCUT2D eigenvalue weighted by Gasteiger charge is 2.39. The van der Waals surface area contributed by atoms with E-state index < -0.39 is 6.10 Å². The van der Waals surface area contributed by atoms with Crippen molar-refractivity contribution < 1.29 is 9.53 Å². The van der Waals surface area contributed by atoms with Gasteiger partial charge in [-0.3, -0.25) is 4.79 Å². The molecule has 2 fully saturated rings. The third kappa shape index (κ3) is 2.97. The van der Waals surface area contributed by atoms with Crippen molar-refractivity contribution in [1.29, 1.82) is 0 Å². The minimum atomic E-state index is -0.470. The van der Waals surface area contributed by atoms with Crippen LogP contribution < -0.4 is 5.32 Å². The van der Waals surface area contributed by atoms with Crippen molar-refractivity contribution in [3.8, 4) is 0 Å². The van der Waals surface area contributed by atoms with Crippen LogP contribution in [0.2, 0.25) is 0 Å². The SMILES string of the molecule is COC(C(=O)N1CCC2(CCNC2)CC1)c1ccccc1. The van der Waals surface area contributed by atoms with E-state index in [1.165, 1.54) is 6.42 Å². The van der Waals surface area contributed by atoms with Gasteiger partial charge in [-0.1, -0.05) is 30.3 Å². The molecule has 0 aliphatic carbocycles. The van der Waals surface area contributed by atoms with Gasteiger partial charge in [0.25, 0.3) is 5.91 Å². The zero-order valence-electron chi connectivity index (χ0n) is 12.7. The lowest BCUT2D eigenvalue weighted by molar-refractivity contribution is -0.144. The minimum absolute atomic E-state index is 0.101. The standard InChI is InChI=1S/C17H24N2O2/c1-21-15(14-5-3-2-4-6-14)16(20)19-11-8-17(9-12-19)7-10-18-13-17/h2-6,15,18H,7-13H2,1H3. The largest absolute Gasteiger partial charge is 0.367 e. The number of nitrogens with zero attached hydrogens (tertiary/aromatic N) is 1. The molecule has 2 saturated heterocycles. The van der Waals surface area contributed by atoms with Crippen LogP contribution in [0.25, 0.3) is 0 Å².